The maximum Gasteiger partial charge on any atom is 0.434 e. The van der Waals surface area contributed by atoms with Gasteiger partial charge in [-0.3, -0.25) is 0 Å². The van der Waals surface area contributed by atoms with Gasteiger partial charge in [-0.1, -0.05) is 6.92 Å². The molecule has 0 aliphatic rings. The number of hydrogen-bond donors (Lipinski definition) is 1. The topological polar surface area (TPSA) is 68.1 Å². The number of nitrogens with one attached hydrogen (secondary N) is 1. The van der Waals surface area contributed by atoms with E-state index in [4.69, 9.17) is 9.15 Å². The Kier molecular flexibility index (Phi) is 3.04. The summed E-state index contributed by atoms with van der Waals surface area (Å²) in [5.41, 5.74) is 0. The molecule has 0 aromatic carbocycles. The van der Waals surface area contributed by atoms with Crippen molar-refractivity contribution in [2.24, 2.45) is 5.92 Å². The van der Waals surface area contributed by atoms with Crippen LogP contribution in [0.15, 0.2) is 9.21 Å². The zero-order valence-corrected chi connectivity index (χ0v) is 7.16. The maximum atomic E-state index is 10.5. The zero-order chi connectivity index (χ0) is 8.97. The van der Waals surface area contributed by atoms with E-state index in [0.717, 1.165) is 0 Å². The van der Waals surface area contributed by atoms with E-state index in [1.54, 1.807) is 7.11 Å². The van der Waals surface area contributed by atoms with E-state index in [1.165, 1.54) is 0 Å². The second kappa shape index (κ2) is 4.06. The predicted molar refractivity (Wildman–Crippen MR) is 41.9 cm³/mol. The number of aromatic nitrogens is 2. The Morgan fingerprint density at radius 3 is 3.00 bits per heavy atom. The first-order chi connectivity index (χ1) is 5.72. The van der Waals surface area contributed by atoms with Gasteiger partial charge in [0.25, 0.3) is 0 Å². The smallest absolute Gasteiger partial charge is 0.392 e. The summed E-state index contributed by atoms with van der Waals surface area (Å²) in [5.74, 6) is 0.237. The van der Waals surface area contributed by atoms with Gasteiger partial charge in [0.15, 0.2) is 0 Å². The number of ether oxygens (including phenoxy) is 1. The van der Waals surface area contributed by atoms with E-state index in [9.17, 15) is 4.79 Å². The molecule has 0 aliphatic carbocycles. The Bertz CT molecular complexity index is 278. The van der Waals surface area contributed by atoms with Gasteiger partial charge in [0, 0.05) is 20.1 Å². The predicted octanol–water partition coefficient (Wildman–Crippen LogP) is 0.188. The first-order valence-corrected chi connectivity index (χ1v) is 3.75. The molecule has 0 saturated carbocycles. The summed E-state index contributed by atoms with van der Waals surface area (Å²) in [4.78, 5) is 10.5. The van der Waals surface area contributed by atoms with Gasteiger partial charge < -0.3 is 9.15 Å². The minimum absolute atomic E-state index is 0.307. The highest BCUT2D eigenvalue weighted by molar-refractivity contribution is 4.75. The summed E-state index contributed by atoms with van der Waals surface area (Å²) in [5, 5.41) is 5.88. The van der Waals surface area contributed by atoms with Crippen LogP contribution in [0.2, 0.25) is 0 Å². The lowest BCUT2D eigenvalue weighted by Crippen LogP contribution is -2.07. The van der Waals surface area contributed by atoms with E-state index in [-0.39, 0.29) is 0 Å². The van der Waals surface area contributed by atoms with E-state index in [1.807, 2.05) is 6.92 Å². The summed E-state index contributed by atoms with van der Waals surface area (Å²) in [6, 6.07) is 0. The number of H-pyrrole nitrogens is 1. The zero-order valence-electron chi connectivity index (χ0n) is 7.16. The molecule has 1 N–H and O–H groups in total. The van der Waals surface area contributed by atoms with Crippen molar-refractivity contribution >= 4 is 0 Å². The number of hydrogen-bond acceptors (Lipinski definition) is 4. The molecule has 0 fully saturated rings. The Balaban J connectivity index is 2.46. The summed E-state index contributed by atoms with van der Waals surface area (Å²) in [7, 11) is 1.64. The van der Waals surface area contributed by atoms with Crippen LogP contribution in [0, 0.1) is 5.92 Å². The summed E-state index contributed by atoms with van der Waals surface area (Å²) in [6.45, 7) is 2.63. The second-order valence-electron chi connectivity index (χ2n) is 2.77. The van der Waals surface area contributed by atoms with Crippen molar-refractivity contribution in [2.45, 2.75) is 13.3 Å². The molecule has 5 nitrogen and oxygen atoms in total. The summed E-state index contributed by atoms with van der Waals surface area (Å²) >= 11 is 0. The third-order valence-corrected chi connectivity index (χ3v) is 1.46. The monoisotopic (exact) mass is 172 g/mol. The summed E-state index contributed by atoms with van der Waals surface area (Å²) in [6.07, 6.45) is 0.618. The molecule has 0 amide bonds. The fourth-order valence-corrected chi connectivity index (χ4v) is 0.989. The highest BCUT2D eigenvalue weighted by Crippen LogP contribution is 2.03. The lowest BCUT2D eigenvalue weighted by Gasteiger charge is -2.05. The third-order valence-electron chi connectivity index (χ3n) is 1.46. The molecule has 0 aliphatic heterocycles. The van der Waals surface area contributed by atoms with Crippen LogP contribution in [0.4, 0.5) is 0 Å². The second-order valence-corrected chi connectivity index (χ2v) is 2.77. The first kappa shape index (κ1) is 8.99. The van der Waals surface area contributed by atoms with Gasteiger partial charge in [0.05, 0.1) is 0 Å². The molecule has 1 rings (SSSR count). The van der Waals surface area contributed by atoms with Crippen LogP contribution in [0.3, 0.4) is 0 Å². The van der Waals surface area contributed by atoms with Crippen molar-refractivity contribution in [3.8, 4) is 0 Å². The van der Waals surface area contributed by atoms with Gasteiger partial charge in [0.1, 0.15) is 0 Å². The molecule has 0 bridgehead atoms. The average molecular weight is 172 g/mol. The molecule has 1 atom stereocenters. The molecule has 0 radical (unpaired) electrons. The van der Waals surface area contributed by atoms with Crippen molar-refractivity contribution in [1.29, 1.82) is 0 Å². The van der Waals surface area contributed by atoms with Crippen molar-refractivity contribution in [3.63, 3.8) is 0 Å². The Hall–Kier alpha value is -1.10. The molecular weight excluding hydrogens is 160 g/mol. The van der Waals surface area contributed by atoms with Crippen LogP contribution < -0.4 is 5.76 Å². The fourth-order valence-electron chi connectivity index (χ4n) is 0.989. The minimum Gasteiger partial charge on any atom is -0.392 e. The maximum absolute atomic E-state index is 10.5. The van der Waals surface area contributed by atoms with Crippen molar-refractivity contribution in [1.82, 2.24) is 10.2 Å². The average Bonchev–Trinajstić information content (AvgIpc) is 2.36. The van der Waals surface area contributed by atoms with Gasteiger partial charge in [0.2, 0.25) is 5.89 Å². The fraction of sp³-hybridized carbons (Fsp3) is 0.714. The van der Waals surface area contributed by atoms with Crippen LogP contribution in [0.5, 0.6) is 0 Å². The SMILES string of the molecule is COCC(C)Cc1n[nH]c(=O)o1. The van der Waals surface area contributed by atoms with Crippen LogP contribution in [-0.2, 0) is 11.2 Å². The molecule has 0 saturated heterocycles. The van der Waals surface area contributed by atoms with Gasteiger partial charge >= 0.3 is 5.76 Å². The Labute approximate surface area is 69.7 Å². The number of nitrogens with zero attached hydrogens (tertiary/aromatic N) is 1. The molecule has 1 heterocycles. The minimum atomic E-state index is -0.505. The third kappa shape index (κ3) is 2.50. The van der Waals surface area contributed by atoms with Crippen LogP contribution >= 0.6 is 0 Å². The molecule has 12 heavy (non-hydrogen) atoms. The van der Waals surface area contributed by atoms with Gasteiger partial charge in [-0.2, -0.15) is 0 Å². The lowest BCUT2D eigenvalue weighted by molar-refractivity contribution is 0.156. The van der Waals surface area contributed by atoms with Crippen molar-refractivity contribution < 1.29 is 9.15 Å². The quantitative estimate of drug-likeness (QED) is 0.703. The molecular formula is C7H12N2O3. The van der Waals surface area contributed by atoms with Gasteiger partial charge in [-0.25, -0.2) is 9.89 Å². The normalized spacial score (nSPS) is 13.2. The number of aromatic amines is 1. The largest absolute Gasteiger partial charge is 0.434 e. The molecule has 1 aromatic heterocycles. The van der Waals surface area contributed by atoms with E-state index >= 15 is 0 Å². The van der Waals surface area contributed by atoms with Gasteiger partial charge in [-0.05, 0) is 5.92 Å². The molecule has 5 heteroatoms. The highest BCUT2D eigenvalue weighted by Gasteiger charge is 2.07. The van der Waals surface area contributed by atoms with Crippen LogP contribution in [0.25, 0.3) is 0 Å². The van der Waals surface area contributed by atoms with E-state index in [2.05, 4.69) is 10.2 Å². The standard InChI is InChI=1S/C7H12N2O3/c1-5(4-11-2)3-6-8-9-7(10)12-6/h5H,3-4H2,1-2H3,(H,9,10). The Morgan fingerprint density at radius 2 is 2.50 bits per heavy atom. The molecule has 1 unspecified atom stereocenters. The number of rotatable bonds is 4. The van der Waals surface area contributed by atoms with Gasteiger partial charge in [-0.15, -0.1) is 5.10 Å². The summed E-state index contributed by atoms with van der Waals surface area (Å²) < 4.78 is 9.65. The lowest BCUT2D eigenvalue weighted by atomic mass is 10.1. The van der Waals surface area contributed by atoms with Crippen molar-refractivity contribution in [2.75, 3.05) is 13.7 Å². The van der Waals surface area contributed by atoms with Crippen molar-refractivity contribution in [3.05, 3.63) is 16.4 Å². The Morgan fingerprint density at radius 1 is 1.75 bits per heavy atom. The molecule has 1 aromatic rings. The molecule has 68 valence electrons. The van der Waals surface area contributed by atoms with E-state index < -0.39 is 5.76 Å². The van der Waals surface area contributed by atoms with E-state index in [0.29, 0.717) is 24.8 Å². The first-order valence-electron chi connectivity index (χ1n) is 3.75. The van der Waals surface area contributed by atoms with Crippen LogP contribution in [0.1, 0.15) is 12.8 Å². The molecule has 0 spiro atoms. The van der Waals surface area contributed by atoms with Crippen LogP contribution in [-0.4, -0.2) is 23.9 Å². The highest BCUT2D eigenvalue weighted by atomic mass is 16.5. The number of methoxy groups -OCH3 is 1.